The molecule has 6 nitrogen and oxygen atoms in total. The molecular weight excluding hydrogens is 250 g/mol. The zero-order valence-corrected chi connectivity index (χ0v) is 11.2. The summed E-state index contributed by atoms with van der Waals surface area (Å²) in [5.41, 5.74) is 0. The van der Waals surface area contributed by atoms with Crippen molar-refractivity contribution in [2.24, 2.45) is 5.84 Å². The SMILES string of the molecule is N#C[C@@H]1CSCN1C(=O)CN(N)C1CCNCC1. The third kappa shape index (κ3) is 3.14. The van der Waals surface area contributed by atoms with E-state index >= 15 is 0 Å². The van der Waals surface area contributed by atoms with Gasteiger partial charge in [-0.2, -0.15) is 5.26 Å². The molecule has 3 N–H and O–H groups in total. The van der Waals surface area contributed by atoms with Crippen LogP contribution in [0.5, 0.6) is 0 Å². The fraction of sp³-hybridized carbons (Fsp3) is 0.818. The van der Waals surface area contributed by atoms with Crippen molar-refractivity contribution in [2.75, 3.05) is 31.3 Å². The standard InChI is InChI=1S/C11H19N5OS/c12-5-10-7-18-8-15(10)11(17)6-16(13)9-1-3-14-4-2-9/h9-10,14H,1-4,6-8,13H2/t10-/m1/s1. The molecule has 2 aliphatic heterocycles. The number of amides is 1. The lowest BCUT2D eigenvalue weighted by atomic mass is 10.1. The van der Waals surface area contributed by atoms with E-state index in [-0.39, 0.29) is 24.5 Å². The molecule has 0 saturated carbocycles. The second-order valence-corrected chi connectivity index (χ2v) is 5.66. The number of hydrogen-bond donors (Lipinski definition) is 2. The summed E-state index contributed by atoms with van der Waals surface area (Å²) in [4.78, 5) is 13.7. The van der Waals surface area contributed by atoms with Crippen LogP contribution in [0.2, 0.25) is 0 Å². The third-order valence-electron chi connectivity index (χ3n) is 3.45. The summed E-state index contributed by atoms with van der Waals surface area (Å²) in [6.45, 7) is 2.11. The van der Waals surface area contributed by atoms with E-state index in [0.717, 1.165) is 25.9 Å². The van der Waals surface area contributed by atoms with E-state index in [4.69, 9.17) is 11.1 Å². The van der Waals surface area contributed by atoms with Gasteiger partial charge in [0.15, 0.2) is 0 Å². The van der Waals surface area contributed by atoms with Gasteiger partial charge in [-0.05, 0) is 25.9 Å². The molecule has 2 fully saturated rings. The Kier molecular flexibility index (Phi) is 4.83. The number of nitrogens with zero attached hydrogens (tertiary/aromatic N) is 3. The van der Waals surface area contributed by atoms with E-state index in [1.54, 1.807) is 21.7 Å². The summed E-state index contributed by atoms with van der Waals surface area (Å²) in [5.74, 6) is 7.25. The van der Waals surface area contributed by atoms with E-state index in [9.17, 15) is 4.79 Å². The van der Waals surface area contributed by atoms with Crippen molar-refractivity contribution in [2.45, 2.75) is 24.9 Å². The second-order valence-electron chi connectivity index (χ2n) is 4.66. The van der Waals surface area contributed by atoms with Crippen LogP contribution in [0.3, 0.4) is 0 Å². The molecule has 18 heavy (non-hydrogen) atoms. The van der Waals surface area contributed by atoms with Gasteiger partial charge >= 0.3 is 0 Å². The van der Waals surface area contributed by atoms with Crippen LogP contribution < -0.4 is 11.2 Å². The summed E-state index contributed by atoms with van der Waals surface area (Å²) in [6.07, 6.45) is 1.94. The first-order valence-corrected chi connectivity index (χ1v) is 7.36. The van der Waals surface area contributed by atoms with Crippen molar-refractivity contribution in [3.63, 3.8) is 0 Å². The first-order chi connectivity index (χ1) is 8.72. The molecule has 0 aromatic heterocycles. The summed E-state index contributed by atoms with van der Waals surface area (Å²) < 4.78 is 0. The van der Waals surface area contributed by atoms with Crippen molar-refractivity contribution in [1.29, 1.82) is 5.26 Å². The number of carbonyl (C=O) groups is 1. The Morgan fingerprint density at radius 3 is 2.94 bits per heavy atom. The number of carbonyl (C=O) groups excluding carboxylic acids is 1. The molecule has 1 atom stereocenters. The van der Waals surface area contributed by atoms with Gasteiger partial charge in [0, 0.05) is 11.8 Å². The Morgan fingerprint density at radius 2 is 2.28 bits per heavy atom. The highest BCUT2D eigenvalue weighted by molar-refractivity contribution is 7.99. The smallest absolute Gasteiger partial charge is 0.239 e. The van der Waals surface area contributed by atoms with Crippen LogP contribution in [0.4, 0.5) is 0 Å². The molecule has 2 rings (SSSR count). The predicted octanol–water partition coefficient (Wildman–Crippen LogP) is -0.661. The molecule has 0 radical (unpaired) electrons. The third-order valence-corrected chi connectivity index (χ3v) is 4.46. The monoisotopic (exact) mass is 269 g/mol. The van der Waals surface area contributed by atoms with Gasteiger partial charge < -0.3 is 10.2 Å². The number of hydrogen-bond acceptors (Lipinski definition) is 6. The van der Waals surface area contributed by atoms with E-state index in [2.05, 4.69) is 11.4 Å². The Labute approximate surface area is 111 Å². The summed E-state index contributed by atoms with van der Waals surface area (Å²) in [7, 11) is 0. The number of thioether (sulfide) groups is 1. The van der Waals surface area contributed by atoms with Crippen LogP contribution in [-0.4, -0.2) is 59.2 Å². The fourth-order valence-corrected chi connectivity index (χ4v) is 3.41. The number of nitrogens with two attached hydrogens (primary N) is 1. The molecule has 2 saturated heterocycles. The van der Waals surface area contributed by atoms with Crippen molar-refractivity contribution in [3.05, 3.63) is 0 Å². The molecule has 2 aliphatic rings. The summed E-state index contributed by atoms with van der Waals surface area (Å²) >= 11 is 1.62. The Hall–Kier alpha value is -0.810. The molecule has 7 heteroatoms. The maximum absolute atomic E-state index is 12.1. The van der Waals surface area contributed by atoms with E-state index < -0.39 is 0 Å². The molecule has 0 spiro atoms. The van der Waals surface area contributed by atoms with Gasteiger partial charge in [-0.1, -0.05) is 0 Å². The molecule has 100 valence electrons. The molecule has 0 aromatic carbocycles. The maximum atomic E-state index is 12.1. The summed E-state index contributed by atoms with van der Waals surface area (Å²) in [6, 6.07) is 2.14. The minimum atomic E-state index is -0.288. The van der Waals surface area contributed by atoms with Crippen LogP contribution in [0.1, 0.15) is 12.8 Å². The average Bonchev–Trinajstić information content (AvgIpc) is 2.88. The number of rotatable bonds is 3. The van der Waals surface area contributed by atoms with Crippen LogP contribution in [-0.2, 0) is 4.79 Å². The Morgan fingerprint density at radius 1 is 1.56 bits per heavy atom. The van der Waals surface area contributed by atoms with Crippen molar-refractivity contribution < 1.29 is 4.79 Å². The first kappa shape index (κ1) is 13.6. The van der Waals surface area contributed by atoms with Crippen LogP contribution >= 0.6 is 11.8 Å². The normalized spacial score (nSPS) is 25.4. The van der Waals surface area contributed by atoms with Gasteiger partial charge in [0.2, 0.25) is 5.91 Å². The van der Waals surface area contributed by atoms with Gasteiger partial charge in [-0.25, -0.2) is 5.01 Å². The van der Waals surface area contributed by atoms with Crippen LogP contribution in [0, 0.1) is 11.3 Å². The highest BCUT2D eigenvalue weighted by atomic mass is 32.2. The number of hydrazine groups is 1. The zero-order valence-electron chi connectivity index (χ0n) is 10.3. The molecule has 0 unspecified atom stereocenters. The highest BCUT2D eigenvalue weighted by Gasteiger charge is 2.30. The Bertz CT molecular complexity index is 339. The van der Waals surface area contributed by atoms with E-state index in [1.807, 2.05) is 0 Å². The van der Waals surface area contributed by atoms with Gasteiger partial charge in [-0.3, -0.25) is 10.6 Å². The lowest BCUT2D eigenvalue weighted by Crippen LogP contribution is -2.52. The number of nitriles is 1. The zero-order chi connectivity index (χ0) is 13.0. The second kappa shape index (κ2) is 6.38. The molecule has 0 aromatic rings. The quantitative estimate of drug-likeness (QED) is 0.522. The van der Waals surface area contributed by atoms with Crippen molar-refractivity contribution in [3.8, 4) is 6.07 Å². The van der Waals surface area contributed by atoms with E-state index in [0.29, 0.717) is 11.6 Å². The summed E-state index contributed by atoms with van der Waals surface area (Å²) in [5, 5.41) is 13.9. The lowest BCUT2D eigenvalue weighted by molar-refractivity contribution is -0.132. The minimum absolute atomic E-state index is 0.0346. The van der Waals surface area contributed by atoms with Gasteiger partial charge in [0.1, 0.15) is 6.04 Å². The molecule has 0 aliphatic carbocycles. The van der Waals surface area contributed by atoms with Crippen LogP contribution in [0.25, 0.3) is 0 Å². The lowest BCUT2D eigenvalue weighted by Gasteiger charge is -2.31. The minimum Gasteiger partial charge on any atom is -0.317 e. The van der Waals surface area contributed by atoms with Gasteiger partial charge in [0.25, 0.3) is 0 Å². The van der Waals surface area contributed by atoms with Crippen molar-refractivity contribution in [1.82, 2.24) is 15.2 Å². The number of nitrogens with one attached hydrogen (secondary N) is 1. The Balaban J connectivity index is 1.84. The van der Waals surface area contributed by atoms with Gasteiger partial charge in [0.05, 0.1) is 18.5 Å². The average molecular weight is 269 g/mol. The fourth-order valence-electron chi connectivity index (χ4n) is 2.31. The maximum Gasteiger partial charge on any atom is 0.239 e. The molecule has 1 amide bonds. The predicted molar refractivity (Wildman–Crippen MR) is 70.4 cm³/mol. The first-order valence-electron chi connectivity index (χ1n) is 6.21. The van der Waals surface area contributed by atoms with E-state index in [1.165, 1.54) is 0 Å². The molecule has 0 bridgehead atoms. The number of piperidine rings is 1. The largest absolute Gasteiger partial charge is 0.317 e. The topological polar surface area (TPSA) is 85.4 Å². The highest BCUT2D eigenvalue weighted by Crippen LogP contribution is 2.20. The van der Waals surface area contributed by atoms with Crippen molar-refractivity contribution >= 4 is 17.7 Å². The van der Waals surface area contributed by atoms with Crippen LogP contribution in [0.15, 0.2) is 0 Å². The molecular formula is C11H19N5OS. The van der Waals surface area contributed by atoms with Gasteiger partial charge in [-0.15, -0.1) is 11.8 Å². The molecule has 2 heterocycles.